The predicted octanol–water partition coefficient (Wildman–Crippen LogP) is 4.02. The van der Waals surface area contributed by atoms with Crippen molar-refractivity contribution in [2.24, 2.45) is 10.9 Å². The molecule has 0 aliphatic heterocycles. The standard InChI is InChI=1S/C26H35N5O2/c1-27-23-20(25(32)29(2)3)17-21-24(28-22-15-11-12-16-30(22)26(21)33)31(23)18-19-13-9-7-5-4-6-8-10-14-19/h11-12,15-17,19H,4-10,13-14,18H2,1-3H3. The number of pyridine rings is 2. The molecular weight excluding hydrogens is 414 g/mol. The maximum Gasteiger partial charge on any atom is 0.267 e. The molecule has 0 spiro atoms. The monoisotopic (exact) mass is 449 g/mol. The van der Waals surface area contributed by atoms with Crippen molar-refractivity contribution in [3.8, 4) is 0 Å². The first-order valence-corrected chi connectivity index (χ1v) is 12.2. The Balaban J connectivity index is 1.93. The quantitative estimate of drug-likeness (QED) is 0.567. The highest BCUT2D eigenvalue weighted by molar-refractivity contribution is 5.96. The van der Waals surface area contributed by atoms with Crippen LogP contribution in [0.25, 0.3) is 16.7 Å². The van der Waals surface area contributed by atoms with Crippen molar-refractivity contribution in [3.63, 3.8) is 0 Å². The largest absolute Gasteiger partial charge is 0.345 e. The highest BCUT2D eigenvalue weighted by Crippen LogP contribution is 2.24. The van der Waals surface area contributed by atoms with Crippen molar-refractivity contribution in [1.29, 1.82) is 0 Å². The molecule has 0 aromatic carbocycles. The van der Waals surface area contributed by atoms with Gasteiger partial charge in [-0.05, 0) is 37.0 Å². The number of aromatic nitrogens is 3. The van der Waals surface area contributed by atoms with E-state index in [9.17, 15) is 9.59 Å². The van der Waals surface area contributed by atoms with Crippen LogP contribution in [0.3, 0.4) is 0 Å². The van der Waals surface area contributed by atoms with E-state index < -0.39 is 0 Å². The topological polar surface area (TPSA) is 72.0 Å². The average molecular weight is 450 g/mol. The number of amides is 1. The molecule has 3 aromatic rings. The first-order chi connectivity index (χ1) is 16.0. The summed E-state index contributed by atoms with van der Waals surface area (Å²) < 4.78 is 3.58. The maximum absolute atomic E-state index is 13.4. The molecule has 33 heavy (non-hydrogen) atoms. The summed E-state index contributed by atoms with van der Waals surface area (Å²) in [6, 6.07) is 7.22. The summed E-state index contributed by atoms with van der Waals surface area (Å²) >= 11 is 0. The Morgan fingerprint density at radius 3 is 2.39 bits per heavy atom. The number of carbonyl (C=O) groups is 1. The van der Waals surface area contributed by atoms with Gasteiger partial charge in [0.15, 0.2) is 0 Å². The molecule has 7 nitrogen and oxygen atoms in total. The third-order valence-corrected chi connectivity index (χ3v) is 6.80. The normalized spacial score (nSPS) is 16.9. The van der Waals surface area contributed by atoms with E-state index in [4.69, 9.17) is 4.98 Å². The minimum absolute atomic E-state index is 0.158. The zero-order valence-corrected chi connectivity index (χ0v) is 20.1. The number of rotatable bonds is 3. The molecule has 0 bridgehead atoms. The van der Waals surface area contributed by atoms with E-state index in [0.717, 1.165) is 12.8 Å². The molecule has 4 rings (SSSR count). The number of hydrogen-bond acceptors (Lipinski definition) is 4. The fraction of sp³-hybridized carbons (Fsp3) is 0.538. The van der Waals surface area contributed by atoms with Crippen LogP contribution in [0.1, 0.15) is 68.1 Å². The van der Waals surface area contributed by atoms with Gasteiger partial charge in [0.05, 0.1) is 10.9 Å². The Kier molecular flexibility index (Phi) is 7.26. The molecular formula is C26H35N5O2. The van der Waals surface area contributed by atoms with Gasteiger partial charge in [-0.25, -0.2) is 4.98 Å². The minimum Gasteiger partial charge on any atom is -0.345 e. The van der Waals surface area contributed by atoms with Crippen molar-refractivity contribution in [1.82, 2.24) is 18.9 Å². The van der Waals surface area contributed by atoms with Gasteiger partial charge < -0.3 is 9.47 Å². The van der Waals surface area contributed by atoms with E-state index in [1.807, 2.05) is 22.8 Å². The lowest BCUT2D eigenvalue weighted by Crippen LogP contribution is -2.36. The molecule has 1 fully saturated rings. The molecule has 1 saturated carbocycles. The van der Waals surface area contributed by atoms with Crippen LogP contribution in [0.5, 0.6) is 0 Å². The van der Waals surface area contributed by atoms with Crippen LogP contribution in [0.2, 0.25) is 0 Å². The van der Waals surface area contributed by atoms with E-state index >= 15 is 0 Å². The van der Waals surface area contributed by atoms with Crippen molar-refractivity contribution < 1.29 is 4.79 Å². The van der Waals surface area contributed by atoms with Gasteiger partial charge in [0, 0.05) is 33.9 Å². The average Bonchev–Trinajstić information content (AvgIpc) is 2.82. The molecule has 1 aliphatic carbocycles. The summed E-state index contributed by atoms with van der Waals surface area (Å²) in [6.07, 6.45) is 13.0. The fourth-order valence-corrected chi connectivity index (χ4v) is 5.03. The molecule has 0 atom stereocenters. The molecule has 0 radical (unpaired) electrons. The molecule has 0 saturated heterocycles. The number of hydrogen-bond donors (Lipinski definition) is 0. The highest BCUT2D eigenvalue weighted by atomic mass is 16.2. The summed E-state index contributed by atoms with van der Waals surface area (Å²) in [4.78, 5) is 37.5. The van der Waals surface area contributed by atoms with Gasteiger partial charge in [0.2, 0.25) is 0 Å². The zero-order chi connectivity index (χ0) is 23.4. The Morgan fingerprint density at radius 2 is 1.76 bits per heavy atom. The van der Waals surface area contributed by atoms with E-state index in [0.29, 0.717) is 40.2 Å². The molecule has 0 N–H and O–H groups in total. The molecule has 3 heterocycles. The first-order valence-electron chi connectivity index (χ1n) is 12.2. The highest BCUT2D eigenvalue weighted by Gasteiger charge is 2.21. The summed E-state index contributed by atoms with van der Waals surface area (Å²) in [6.45, 7) is 0.715. The molecule has 0 unspecified atom stereocenters. The Morgan fingerprint density at radius 1 is 1.09 bits per heavy atom. The van der Waals surface area contributed by atoms with Crippen LogP contribution in [0.4, 0.5) is 0 Å². The van der Waals surface area contributed by atoms with Crippen molar-refractivity contribution in [2.75, 3.05) is 21.1 Å². The van der Waals surface area contributed by atoms with E-state index in [2.05, 4.69) is 4.99 Å². The number of nitrogens with zero attached hydrogens (tertiary/aromatic N) is 5. The zero-order valence-electron chi connectivity index (χ0n) is 20.1. The van der Waals surface area contributed by atoms with Gasteiger partial charge in [-0.2, -0.15) is 0 Å². The smallest absolute Gasteiger partial charge is 0.267 e. The van der Waals surface area contributed by atoms with E-state index in [-0.39, 0.29) is 11.5 Å². The second-order valence-corrected chi connectivity index (χ2v) is 9.42. The second kappa shape index (κ2) is 10.3. The Labute approximate surface area is 194 Å². The van der Waals surface area contributed by atoms with Gasteiger partial charge in [-0.15, -0.1) is 0 Å². The van der Waals surface area contributed by atoms with Crippen LogP contribution < -0.4 is 11.0 Å². The number of carbonyl (C=O) groups excluding carboxylic acids is 1. The third kappa shape index (κ3) is 4.87. The lowest BCUT2D eigenvalue weighted by atomic mass is 9.92. The van der Waals surface area contributed by atoms with E-state index in [1.54, 1.807) is 37.8 Å². The minimum atomic E-state index is -0.161. The van der Waals surface area contributed by atoms with Gasteiger partial charge in [-0.3, -0.25) is 19.0 Å². The first kappa shape index (κ1) is 23.2. The van der Waals surface area contributed by atoms with Gasteiger partial charge in [0.1, 0.15) is 16.8 Å². The lowest BCUT2D eigenvalue weighted by molar-refractivity contribution is 0.0825. The molecule has 7 heteroatoms. The molecule has 3 aromatic heterocycles. The van der Waals surface area contributed by atoms with Gasteiger partial charge >= 0.3 is 0 Å². The number of fused-ring (bicyclic) bond motifs is 2. The summed E-state index contributed by atoms with van der Waals surface area (Å²) in [5, 5.41) is 0.455. The SMILES string of the molecule is CN=c1c(C(=O)N(C)C)cc2c(=O)n3ccccc3nc2n1CC1CCCCCCCCC1. The third-order valence-electron chi connectivity index (χ3n) is 6.80. The van der Waals surface area contributed by atoms with Gasteiger partial charge in [0.25, 0.3) is 11.5 Å². The summed E-state index contributed by atoms with van der Waals surface area (Å²) in [5.41, 5.74) is 2.10. The molecule has 1 amide bonds. The van der Waals surface area contributed by atoms with Gasteiger partial charge in [-0.1, -0.05) is 51.0 Å². The Hall–Kier alpha value is -2.96. The van der Waals surface area contributed by atoms with Crippen LogP contribution in [0, 0.1) is 5.92 Å². The van der Waals surface area contributed by atoms with Crippen molar-refractivity contribution in [3.05, 3.63) is 51.9 Å². The molecule has 176 valence electrons. The van der Waals surface area contributed by atoms with Crippen molar-refractivity contribution in [2.45, 2.75) is 64.3 Å². The van der Waals surface area contributed by atoms with Crippen LogP contribution in [0.15, 0.2) is 40.2 Å². The summed E-state index contributed by atoms with van der Waals surface area (Å²) in [5.74, 6) is 0.312. The predicted molar refractivity (Wildman–Crippen MR) is 132 cm³/mol. The Bertz CT molecular complexity index is 1260. The van der Waals surface area contributed by atoms with Crippen LogP contribution in [-0.2, 0) is 6.54 Å². The van der Waals surface area contributed by atoms with E-state index in [1.165, 1.54) is 49.8 Å². The summed E-state index contributed by atoms with van der Waals surface area (Å²) in [7, 11) is 5.16. The second-order valence-electron chi connectivity index (χ2n) is 9.42. The van der Waals surface area contributed by atoms with Crippen molar-refractivity contribution >= 4 is 22.6 Å². The van der Waals surface area contributed by atoms with Crippen LogP contribution >= 0.6 is 0 Å². The van der Waals surface area contributed by atoms with Crippen LogP contribution in [-0.4, -0.2) is 45.9 Å². The lowest BCUT2D eigenvalue weighted by Gasteiger charge is -2.23. The molecule has 1 aliphatic rings. The fourth-order valence-electron chi connectivity index (χ4n) is 5.03. The maximum atomic E-state index is 13.4.